The van der Waals surface area contributed by atoms with Crippen molar-refractivity contribution in [3.8, 4) is 11.4 Å². The number of hydrogen-bond acceptors (Lipinski definition) is 4. The number of benzene rings is 1. The summed E-state index contributed by atoms with van der Waals surface area (Å²) in [6, 6.07) is 9.78. The molecule has 5 heteroatoms. The fourth-order valence-corrected chi connectivity index (χ4v) is 2.23. The van der Waals surface area contributed by atoms with Gasteiger partial charge in [-0.2, -0.15) is 0 Å². The summed E-state index contributed by atoms with van der Waals surface area (Å²) in [7, 11) is 0. The van der Waals surface area contributed by atoms with E-state index < -0.39 is 0 Å². The molecule has 108 valence electrons. The molecule has 0 spiro atoms. The van der Waals surface area contributed by atoms with E-state index in [-0.39, 0.29) is 6.10 Å². The molecule has 2 heterocycles. The highest BCUT2D eigenvalue weighted by molar-refractivity contribution is 5.79. The van der Waals surface area contributed by atoms with Crippen molar-refractivity contribution in [2.75, 3.05) is 5.73 Å². The lowest BCUT2D eigenvalue weighted by molar-refractivity contribution is 0.217. The summed E-state index contributed by atoms with van der Waals surface area (Å²) in [6.45, 7) is 4.15. The monoisotopic (exact) mass is 282 g/mol. The van der Waals surface area contributed by atoms with Crippen LogP contribution in [0, 0.1) is 0 Å². The van der Waals surface area contributed by atoms with Gasteiger partial charge in [0.2, 0.25) is 5.95 Å². The molecular formula is C16H18N4O. The van der Waals surface area contributed by atoms with Gasteiger partial charge in [0.25, 0.3) is 0 Å². The fourth-order valence-electron chi connectivity index (χ4n) is 2.23. The summed E-state index contributed by atoms with van der Waals surface area (Å²) in [4.78, 5) is 8.41. The van der Waals surface area contributed by atoms with Gasteiger partial charge >= 0.3 is 0 Å². The highest BCUT2D eigenvalue weighted by atomic mass is 16.5. The molecule has 0 bridgehead atoms. The molecule has 1 aromatic carbocycles. The average Bonchev–Trinajstić information content (AvgIpc) is 2.83. The number of hydrogen-bond donors (Lipinski definition) is 1. The van der Waals surface area contributed by atoms with Gasteiger partial charge in [-0.1, -0.05) is 13.0 Å². The van der Waals surface area contributed by atoms with Crippen LogP contribution in [-0.4, -0.2) is 20.6 Å². The van der Waals surface area contributed by atoms with E-state index in [2.05, 4.69) is 23.8 Å². The average molecular weight is 282 g/mol. The largest absolute Gasteiger partial charge is 0.491 e. The van der Waals surface area contributed by atoms with Gasteiger partial charge in [0, 0.05) is 12.3 Å². The maximum atomic E-state index is 6.05. The van der Waals surface area contributed by atoms with Crippen molar-refractivity contribution < 1.29 is 4.74 Å². The Balaban J connectivity index is 2.06. The Morgan fingerprint density at radius 2 is 2.19 bits per heavy atom. The number of nitrogens with two attached hydrogens (primary N) is 1. The number of aromatic nitrogens is 3. The van der Waals surface area contributed by atoms with Crippen LogP contribution in [-0.2, 0) is 0 Å². The van der Waals surface area contributed by atoms with E-state index >= 15 is 0 Å². The minimum absolute atomic E-state index is 0.182. The van der Waals surface area contributed by atoms with Crippen LogP contribution in [0.4, 0.5) is 5.95 Å². The molecule has 3 aromatic rings. The normalized spacial score (nSPS) is 12.5. The molecule has 21 heavy (non-hydrogen) atoms. The summed E-state index contributed by atoms with van der Waals surface area (Å²) >= 11 is 0. The molecule has 0 fully saturated rings. The third-order valence-corrected chi connectivity index (χ3v) is 3.47. The predicted octanol–water partition coefficient (Wildman–Crippen LogP) is 3.18. The van der Waals surface area contributed by atoms with Gasteiger partial charge in [0.15, 0.2) is 0 Å². The zero-order valence-electron chi connectivity index (χ0n) is 12.2. The van der Waals surface area contributed by atoms with Gasteiger partial charge in [-0.15, -0.1) is 0 Å². The Morgan fingerprint density at radius 3 is 3.00 bits per heavy atom. The predicted molar refractivity (Wildman–Crippen MR) is 83.7 cm³/mol. The standard InChI is InChI=1S/C16H18N4O/c1-3-11(2)21-13-6-4-5-12(9-13)20-15-7-8-18-10-14(15)19-16(20)17/h4-11H,3H2,1-2H3,(H2,17,19). The number of rotatable bonds is 4. The minimum Gasteiger partial charge on any atom is -0.491 e. The van der Waals surface area contributed by atoms with Crippen LogP contribution in [0.3, 0.4) is 0 Å². The third kappa shape index (κ3) is 2.54. The second-order valence-electron chi connectivity index (χ2n) is 5.00. The van der Waals surface area contributed by atoms with E-state index in [1.54, 1.807) is 12.4 Å². The fraction of sp³-hybridized carbons (Fsp3) is 0.250. The Labute approximate surface area is 123 Å². The maximum Gasteiger partial charge on any atom is 0.205 e. The van der Waals surface area contributed by atoms with Crippen molar-refractivity contribution in [3.63, 3.8) is 0 Å². The molecule has 1 atom stereocenters. The molecule has 1 unspecified atom stereocenters. The van der Waals surface area contributed by atoms with Crippen LogP contribution >= 0.6 is 0 Å². The van der Waals surface area contributed by atoms with Gasteiger partial charge in [-0.25, -0.2) is 4.98 Å². The molecule has 0 saturated heterocycles. The molecule has 3 rings (SSSR count). The van der Waals surface area contributed by atoms with Crippen LogP contribution in [0.1, 0.15) is 20.3 Å². The molecule has 0 radical (unpaired) electrons. The first-order valence-electron chi connectivity index (χ1n) is 7.04. The Morgan fingerprint density at radius 1 is 1.33 bits per heavy atom. The van der Waals surface area contributed by atoms with Crippen molar-refractivity contribution in [1.29, 1.82) is 0 Å². The van der Waals surface area contributed by atoms with Gasteiger partial charge in [0.1, 0.15) is 11.3 Å². The smallest absolute Gasteiger partial charge is 0.205 e. The summed E-state index contributed by atoms with van der Waals surface area (Å²) in [5, 5.41) is 0. The molecule has 0 aliphatic carbocycles. The van der Waals surface area contributed by atoms with Crippen LogP contribution in [0.15, 0.2) is 42.7 Å². The number of fused-ring (bicyclic) bond motifs is 1. The second kappa shape index (κ2) is 5.44. The van der Waals surface area contributed by atoms with Gasteiger partial charge < -0.3 is 10.5 Å². The van der Waals surface area contributed by atoms with E-state index in [0.29, 0.717) is 5.95 Å². The van der Waals surface area contributed by atoms with Crippen LogP contribution in [0.5, 0.6) is 5.75 Å². The van der Waals surface area contributed by atoms with Gasteiger partial charge in [-0.3, -0.25) is 9.55 Å². The van der Waals surface area contributed by atoms with Crippen molar-refractivity contribution >= 4 is 17.0 Å². The number of nitrogen functional groups attached to an aromatic ring is 1. The zero-order chi connectivity index (χ0) is 14.8. The van der Waals surface area contributed by atoms with Crippen LogP contribution in [0.2, 0.25) is 0 Å². The Bertz CT molecular complexity index is 766. The SMILES string of the molecule is CCC(C)Oc1cccc(-n2c(N)nc3cnccc32)c1. The molecule has 2 N–H and O–H groups in total. The number of pyridine rings is 1. The summed E-state index contributed by atoms with van der Waals surface area (Å²) < 4.78 is 7.77. The molecule has 2 aromatic heterocycles. The molecule has 0 aliphatic heterocycles. The Kier molecular flexibility index (Phi) is 3.48. The lowest BCUT2D eigenvalue weighted by atomic mass is 10.2. The van der Waals surface area contributed by atoms with Crippen molar-refractivity contribution in [2.24, 2.45) is 0 Å². The topological polar surface area (TPSA) is 66.0 Å². The first-order chi connectivity index (χ1) is 10.2. The first-order valence-corrected chi connectivity index (χ1v) is 7.04. The molecule has 0 saturated carbocycles. The van der Waals surface area contributed by atoms with Gasteiger partial charge in [-0.05, 0) is 31.5 Å². The first kappa shape index (κ1) is 13.4. The molecular weight excluding hydrogens is 264 g/mol. The second-order valence-corrected chi connectivity index (χ2v) is 5.00. The van der Waals surface area contributed by atoms with E-state index in [9.17, 15) is 0 Å². The van der Waals surface area contributed by atoms with E-state index in [1.165, 1.54) is 0 Å². The number of imidazole rings is 1. The van der Waals surface area contributed by atoms with Gasteiger partial charge in [0.05, 0.1) is 23.5 Å². The molecule has 0 amide bonds. The van der Waals surface area contributed by atoms with E-state index in [4.69, 9.17) is 10.5 Å². The van der Waals surface area contributed by atoms with Crippen LogP contribution in [0.25, 0.3) is 16.7 Å². The van der Waals surface area contributed by atoms with Crippen molar-refractivity contribution in [3.05, 3.63) is 42.7 Å². The highest BCUT2D eigenvalue weighted by Gasteiger charge is 2.11. The number of anilines is 1. The van der Waals surface area contributed by atoms with E-state index in [1.807, 2.05) is 34.9 Å². The Hall–Kier alpha value is -2.56. The van der Waals surface area contributed by atoms with E-state index in [0.717, 1.165) is 28.9 Å². The number of nitrogens with zero attached hydrogens (tertiary/aromatic N) is 3. The quantitative estimate of drug-likeness (QED) is 0.798. The lowest BCUT2D eigenvalue weighted by Crippen LogP contribution is -2.10. The number of ether oxygens (including phenoxy) is 1. The minimum atomic E-state index is 0.182. The van der Waals surface area contributed by atoms with Crippen LogP contribution < -0.4 is 10.5 Å². The third-order valence-electron chi connectivity index (χ3n) is 3.47. The summed E-state index contributed by atoms with van der Waals surface area (Å²) in [5.74, 6) is 1.27. The molecule has 0 aliphatic rings. The van der Waals surface area contributed by atoms with Crippen molar-refractivity contribution in [1.82, 2.24) is 14.5 Å². The summed E-state index contributed by atoms with van der Waals surface area (Å²) in [5.41, 5.74) is 8.69. The lowest BCUT2D eigenvalue weighted by Gasteiger charge is -2.14. The maximum absolute atomic E-state index is 6.05. The summed E-state index contributed by atoms with van der Waals surface area (Å²) in [6.07, 6.45) is 4.59. The highest BCUT2D eigenvalue weighted by Crippen LogP contribution is 2.25. The zero-order valence-corrected chi connectivity index (χ0v) is 12.2. The van der Waals surface area contributed by atoms with Crippen molar-refractivity contribution in [2.45, 2.75) is 26.4 Å². The molecule has 5 nitrogen and oxygen atoms in total.